The van der Waals surface area contributed by atoms with Crippen LogP contribution < -0.4 is 16.1 Å². The highest BCUT2D eigenvalue weighted by atomic mass is 16.5. The van der Waals surface area contributed by atoms with E-state index < -0.39 is 29.4 Å². The van der Waals surface area contributed by atoms with Crippen molar-refractivity contribution < 1.29 is 18.7 Å². The van der Waals surface area contributed by atoms with Crippen molar-refractivity contribution in [3.05, 3.63) is 68.1 Å². The van der Waals surface area contributed by atoms with E-state index in [1.807, 2.05) is 6.92 Å². The van der Waals surface area contributed by atoms with E-state index in [9.17, 15) is 14.4 Å². The predicted octanol–water partition coefficient (Wildman–Crippen LogP) is 4.83. The largest absolute Gasteiger partial charge is 0.493 e. The number of methoxy groups -OCH3 is 1. The number of hydrogen-bond acceptors (Lipinski definition) is 7. The Labute approximate surface area is 210 Å². The number of aryl methyl sites for hydroxylation is 2. The lowest BCUT2D eigenvalue weighted by Gasteiger charge is -2.35. The molecule has 1 aromatic carbocycles. The number of fused-ring (bicyclic) bond motifs is 1. The summed E-state index contributed by atoms with van der Waals surface area (Å²) in [7, 11) is 1.40. The van der Waals surface area contributed by atoms with Gasteiger partial charge in [-0.1, -0.05) is 43.0 Å². The van der Waals surface area contributed by atoms with Gasteiger partial charge in [0.25, 0.3) is 5.56 Å². The molecule has 1 aliphatic carbocycles. The summed E-state index contributed by atoms with van der Waals surface area (Å²) < 4.78 is 17.2. The van der Waals surface area contributed by atoms with Gasteiger partial charge in [0.1, 0.15) is 12.1 Å². The zero-order chi connectivity index (χ0) is 26.0. The summed E-state index contributed by atoms with van der Waals surface area (Å²) >= 11 is 0. The van der Waals surface area contributed by atoms with Gasteiger partial charge in [-0.3, -0.25) is 4.79 Å². The second-order valence-corrected chi connectivity index (χ2v) is 9.84. The Balaban J connectivity index is 1.65. The van der Waals surface area contributed by atoms with E-state index in [0.29, 0.717) is 5.92 Å². The van der Waals surface area contributed by atoms with E-state index in [1.54, 1.807) is 0 Å². The highest BCUT2D eigenvalue weighted by molar-refractivity contribution is 5.78. The van der Waals surface area contributed by atoms with Gasteiger partial charge in [0.2, 0.25) is 5.58 Å². The molecule has 2 heterocycles. The predicted molar refractivity (Wildman–Crippen MR) is 137 cm³/mol. The van der Waals surface area contributed by atoms with Gasteiger partial charge in [-0.05, 0) is 57.6 Å². The highest BCUT2D eigenvalue weighted by Crippen LogP contribution is 2.40. The fraction of sp³-hybridized carbons (Fsp3) is 0.500. The lowest BCUT2D eigenvalue weighted by molar-refractivity contribution is -0.154. The molecule has 1 fully saturated rings. The molecule has 1 aliphatic rings. The van der Waals surface area contributed by atoms with Gasteiger partial charge in [0.05, 0.1) is 7.11 Å². The molecule has 0 amide bonds. The zero-order valence-electron chi connectivity index (χ0n) is 21.6. The number of esters is 1. The lowest BCUT2D eigenvalue weighted by atomic mass is 9.73. The van der Waals surface area contributed by atoms with Gasteiger partial charge < -0.3 is 13.9 Å². The molecule has 192 valence electrons. The summed E-state index contributed by atoms with van der Waals surface area (Å²) in [6.45, 7) is 7.53. The summed E-state index contributed by atoms with van der Waals surface area (Å²) in [5.41, 5.74) is 2.68. The third-order valence-electron chi connectivity index (χ3n) is 7.37. The number of rotatable bonds is 7. The van der Waals surface area contributed by atoms with Crippen LogP contribution in [0.15, 0.2) is 44.5 Å². The van der Waals surface area contributed by atoms with Crippen LogP contribution >= 0.6 is 0 Å². The maximum Gasteiger partial charge on any atom is 0.423 e. The molecule has 8 heteroatoms. The van der Waals surface area contributed by atoms with E-state index in [-0.39, 0.29) is 22.8 Å². The first-order valence-electron chi connectivity index (χ1n) is 12.6. The molecule has 0 unspecified atom stereocenters. The van der Waals surface area contributed by atoms with Crippen LogP contribution in [0, 0.1) is 19.8 Å². The lowest BCUT2D eigenvalue weighted by Crippen LogP contribution is -2.40. The van der Waals surface area contributed by atoms with Crippen molar-refractivity contribution >= 4 is 17.1 Å². The molecule has 0 aliphatic heterocycles. The summed E-state index contributed by atoms with van der Waals surface area (Å²) in [6.07, 6.45) is 6.65. The molecule has 4 rings (SSSR count). The van der Waals surface area contributed by atoms with Gasteiger partial charge in [-0.25, -0.2) is 19.1 Å². The third-order valence-corrected chi connectivity index (χ3v) is 7.37. The van der Waals surface area contributed by atoms with E-state index in [2.05, 4.69) is 37.0 Å². The van der Waals surface area contributed by atoms with Crippen molar-refractivity contribution in [2.45, 2.75) is 77.9 Å². The number of hydrogen-bond donors (Lipinski definition) is 0. The second kappa shape index (κ2) is 10.7. The number of aromatic nitrogens is 2. The van der Waals surface area contributed by atoms with E-state index in [4.69, 9.17) is 13.9 Å². The molecule has 1 saturated carbocycles. The van der Waals surface area contributed by atoms with Crippen molar-refractivity contribution in [3.63, 3.8) is 0 Å². The Morgan fingerprint density at radius 1 is 1.11 bits per heavy atom. The van der Waals surface area contributed by atoms with Crippen molar-refractivity contribution in [1.82, 2.24) is 9.55 Å². The topological polar surface area (TPSA) is 101 Å². The molecular formula is C28H34N2O6. The summed E-state index contributed by atoms with van der Waals surface area (Å²) in [4.78, 5) is 43.2. The average Bonchev–Trinajstić information content (AvgIpc) is 2.85. The highest BCUT2D eigenvalue weighted by Gasteiger charge is 2.34. The Morgan fingerprint density at radius 3 is 2.50 bits per heavy atom. The smallest absolute Gasteiger partial charge is 0.423 e. The fourth-order valence-electron chi connectivity index (χ4n) is 5.55. The van der Waals surface area contributed by atoms with Gasteiger partial charge >= 0.3 is 11.7 Å². The Hall–Kier alpha value is -3.42. The van der Waals surface area contributed by atoms with Crippen LogP contribution in [0.4, 0.5) is 0 Å². The molecule has 2 aromatic heterocycles. The van der Waals surface area contributed by atoms with Crippen LogP contribution in [0.1, 0.15) is 74.6 Å². The van der Waals surface area contributed by atoms with Crippen LogP contribution in [-0.4, -0.2) is 28.7 Å². The number of benzene rings is 1. The number of carbonyl (C=O) groups is 1. The van der Waals surface area contributed by atoms with Gasteiger partial charge in [-0.15, -0.1) is 0 Å². The zero-order valence-corrected chi connectivity index (χ0v) is 21.6. The average molecular weight is 495 g/mol. The van der Waals surface area contributed by atoms with Crippen LogP contribution in [0.3, 0.4) is 0 Å². The van der Waals surface area contributed by atoms with Gasteiger partial charge in [0, 0.05) is 18.2 Å². The molecule has 3 aromatic rings. The first-order chi connectivity index (χ1) is 17.2. The first-order valence-corrected chi connectivity index (χ1v) is 12.6. The number of ether oxygens (including phenoxy) is 2. The second-order valence-electron chi connectivity index (χ2n) is 9.84. The minimum absolute atomic E-state index is 0.0257. The third kappa shape index (κ3) is 4.94. The molecular weight excluding hydrogens is 460 g/mol. The monoisotopic (exact) mass is 494 g/mol. The van der Waals surface area contributed by atoms with Crippen molar-refractivity contribution in [2.75, 3.05) is 7.11 Å². The first kappa shape index (κ1) is 25.7. The molecule has 36 heavy (non-hydrogen) atoms. The summed E-state index contributed by atoms with van der Waals surface area (Å²) in [5, 5.41) is 0. The Morgan fingerprint density at radius 2 is 1.83 bits per heavy atom. The standard InChI is InChI=1S/C28H34N2O6/c1-16-11-12-21(17(2)15-16)23(20-9-7-6-8-10-20)19(4)35-27(32)18(3)30-26(31)24-25(36-28(30)33)22(34-5)13-14-29-24/h11-15,18-20,23H,6-10H2,1-5H3/t18-,19-,23+/m0/s1. The molecule has 0 spiro atoms. The van der Waals surface area contributed by atoms with Crippen molar-refractivity contribution in [1.29, 1.82) is 0 Å². The molecule has 8 nitrogen and oxygen atoms in total. The van der Waals surface area contributed by atoms with E-state index in [1.165, 1.54) is 49.4 Å². The molecule has 3 atom stereocenters. The van der Waals surface area contributed by atoms with Crippen LogP contribution in [0.2, 0.25) is 0 Å². The minimum Gasteiger partial charge on any atom is -0.493 e. The van der Waals surface area contributed by atoms with E-state index >= 15 is 0 Å². The van der Waals surface area contributed by atoms with Crippen LogP contribution in [-0.2, 0) is 9.53 Å². The summed E-state index contributed by atoms with van der Waals surface area (Å²) in [6, 6.07) is 6.70. The van der Waals surface area contributed by atoms with Gasteiger partial charge in [-0.2, -0.15) is 0 Å². The Kier molecular flexibility index (Phi) is 7.62. The van der Waals surface area contributed by atoms with Gasteiger partial charge in [0.15, 0.2) is 11.3 Å². The van der Waals surface area contributed by atoms with Crippen molar-refractivity contribution in [2.24, 2.45) is 5.92 Å². The number of carbonyl (C=O) groups excluding carboxylic acids is 1. The Bertz CT molecular complexity index is 1370. The normalized spacial score (nSPS) is 16.9. The molecule has 0 bridgehead atoms. The maximum atomic E-state index is 13.3. The summed E-state index contributed by atoms with van der Waals surface area (Å²) in [5.74, 6) is -0.992. The maximum absolute atomic E-state index is 13.3. The SMILES string of the molecule is COc1ccnc2c(=O)n([C@@H](C)C(=O)O[C@@H](C)[C@@H](c3ccc(C)cc3C)C3CCCCC3)c(=O)oc12. The van der Waals surface area contributed by atoms with Crippen molar-refractivity contribution in [3.8, 4) is 5.75 Å². The minimum atomic E-state index is -1.18. The molecule has 0 radical (unpaired) electrons. The van der Waals surface area contributed by atoms with Crippen LogP contribution in [0.5, 0.6) is 5.75 Å². The number of nitrogens with zero attached hydrogens (tertiary/aromatic N) is 2. The fourth-order valence-corrected chi connectivity index (χ4v) is 5.55. The molecule has 0 saturated heterocycles. The van der Waals surface area contributed by atoms with E-state index in [0.717, 1.165) is 30.3 Å². The van der Waals surface area contributed by atoms with Crippen LogP contribution in [0.25, 0.3) is 11.1 Å². The quantitative estimate of drug-likeness (QED) is 0.434. The molecule has 0 N–H and O–H groups in total. The number of pyridine rings is 1.